The summed E-state index contributed by atoms with van der Waals surface area (Å²) in [5.74, 6) is 2.65. The fraction of sp³-hybridized carbons (Fsp3) is 0.947. The minimum Gasteiger partial charge on any atom is -0.381 e. The Morgan fingerprint density at radius 1 is 1.04 bits per heavy atom. The van der Waals surface area contributed by atoms with Gasteiger partial charge in [0.1, 0.15) is 0 Å². The smallest absolute Gasteiger partial charge is 0.193 e. The van der Waals surface area contributed by atoms with Crippen molar-refractivity contribution in [2.24, 2.45) is 16.8 Å². The van der Waals surface area contributed by atoms with E-state index >= 15 is 0 Å². The normalized spacial score (nSPS) is 32.5. The van der Waals surface area contributed by atoms with E-state index in [4.69, 9.17) is 4.74 Å². The molecule has 6 heteroatoms. The van der Waals surface area contributed by atoms with Crippen molar-refractivity contribution in [1.29, 1.82) is 0 Å². The third kappa shape index (κ3) is 4.66. The Hall–Kier alpha value is -0.850. The molecule has 142 valence electrons. The molecule has 1 aliphatic carbocycles. The second kappa shape index (κ2) is 8.23. The van der Waals surface area contributed by atoms with E-state index < -0.39 is 0 Å². The topological polar surface area (TPSA) is 43.3 Å². The first-order valence-corrected chi connectivity index (χ1v) is 10.3. The Balaban J connectivity index is 1.17. The predicted octanol–water partition coefficient (Wildman–Crippen LogP) is 0.700. The van der Waals surface area contributed by atoms with Crippen LogP contribution in [-0.4, -0.2) is 99.3 Å². The molecular formula is C19H35N5O. The van der Waals surface area contributed by atoms with Gasteiger partial charge in [-0.2, -0.15) is 0 Å². The van der Waals surface area contributed by atoms with Gasteiger partial charge in [-0.05, 0) is 44.1 Å². The van der Waals surface area contributed by atoms with Gasteiger partial charge in [0, 0.05) is 65.5 Å². The monoisotopic (exact) mass is 349 g/mol. The number of hydrogen-bond acceptors (Lipinski definition) is 4. The summed E-state index contributed by atoms with van der Waals surface area (Å²) in [7, 11) is 1.93. The lowest BCUT2D eigenvalue weighted by atomic mass is 10.1. The van der Waals surface area contributed by atoms with Crippen LogP contribution in [0, 0.1) is 11.8 Å². The van der Waals surface area contributed by atoms with Crippen LogP contribution in [0.15, 0.2) is 4.99 Å². The maximum Gasteiger partial charge on any atom is 0.193 e. The van der Waals surface area contributed by atoms with Crippen molar-refractivity contribution >= 4 is 5.96 Å². The molecule has 1 saturated carbocycles. The van der Waals surface area contributed by atoms with E-state index in [2.05, 4.69) is 25.0 Å². The van der Waals surface area contributed by atoms with Gasteiger partial charge in [-0.25, -0.2) is 0 Å². The van der Waals surface area contributed by atoms with Crippen LogP contribution in [-0.2, 0) is 4.74 Å². The summed E-state index contributed by atoms with van der Waals surface area (Å²) in [5.41, 5.74) is 0. The lowest BCUT2D eigenvalue weighted by molar-refractivity contribution is 0.139. The Morgan fingerprint density at radius 3 is 2.56 bits per heavy atom. The number of nitrogens with zero attached hydrogens (tertiary/aromatic N) is 4. The second-order valence-electron chi connectivity index (χ2n) is 8.33. The minimum absolute atomic E-state index is 0.751. The first-order chi connectivity index (χ1) is 12.3. The van der Waals surface area contributed by atoms with Crippen molar-refractivity contribution in [1.82, 2.24) is 20.0 Å². The summed E-state index contributed by atoms with van der Waals surface area (Å²) in [6.45, 7) is 11.3. The molecule has 4 aliphatic rings. The van der Waals surface area contributed by atoms with Gasteiger partial charge in [-0.1, -0.05) is 0 Å². The maximum absolute atomic E-state index is 5.51. The molecule has 4 rings (SSSR count). The lowest BCUT2D eigenvalue weighted by Crippen LogP contribution is -2.53. The standard InChI is InChI=1S/C19H35N5O/c1-20-19(21-12-16-4-6-24(14-16)18-2-3-18)23-9-7-22(8-10-23)13-17-5-11-25-15-17/h16-18H,2-15H2,1H3,(H,20,21). The number of rotatable bonds is 5. The molecule has 3 saturated heterocycles. The summed E-state index contributed by atoms with van der Waals surface area (Å²) >= 11 is 0. The Bertz CT molecular complexity index is 453. The first-order valence-electron chi connectivity index (χ1n) is 10.3. The number of piperazine rings is 1. The molecule has 3 heterocycles. The zero-order valence-corrected chi connectivity index (χ0v) is 15.8. The van der Waals surface area contributed by atoms with Crippen LogP contribution in [0.1, 0.15) is 25.7 Å². The molecule has 3 aliphatic heterocycles. The van der Waals surface area contributed by atoms with Crippen molar-refractivity contribution in [2.45, 2.75) is 31.7 Å². The Kier molecular flexibility index (Phi) is 5.78. The molecule has 0 aromatic rings. The van der Waals surface area contributed by atoms with Gasteiger partial charge < -0.3 is 19.9 Å². The Morgan fingerprint density at radius 2 is 1.88 bits per heavy atom. The molecule has 0 amide bonds. The van der Waals surface area contributed by atoms with Crippen LogP contribution >= 0.6 is 0 Å². The van der Waals surface area contributed by atoms with Crippen molar-refractivity contribution in [3.63, 3.8) is 0 Å². The lowest BCUT2D eigenvalue weighted by Gasteiger charge is -2.37. The fourth-order valence-corrected chi connectivity index (χ4v) is 4.60. The number of likely N-dealkylation sites (tertiary alicyclic amines) is 1. The van der Waals surface area contributed by atoms with E-state index in [0.29, 0.717) is 0 Å². The van der Waals surface area contributed by atoms with Crippen molar-refractivity contribution in [3.05, 3.63) is 0 Å². The third-order valence-electron chi connectivity index (χ3n) is 6.35. The molecule has 0 spiro atoms. The molecule has 0 aromatic heterocycles. The second-order valence-corrected chi connectivity index (χ2v) is 8.33. The van der Waals surface area contributed by atoms with E-state index in [-0.39, 0.29) is 0 Å². The molecule has 1 N–H and O–H groups in total. The Labute approximate surface area is 152 Å². The zero-order valence-electron chi connectivity index (χ0n) is 15.8. The van der Waals surface area contributed by atoms with Gasteiger partial charge in [0.05, 0.1) is 6.61 Å². The molecular weight excluding hydrogens is 314 g/mol. The van der Waals surface area contributed by atoms with Crippen LogP contribution in [0.3, 0.4) is 0 Å². The average molecular weight is 350 g/mol. The van der Waals surface area contributed by atoms with Gasteiger partial charge in [-0.3, -0.25) is 9.89 Å². The molecule has 2 unspecified atom stereocenters. The minimum atomic E-state index is 0.751. The highest BCUT2D eigenvalue weighted by molar-refractivity contribution is 5.80. The number of hydrogen-bond donors (Lipinski definition) is 1. The van der Waals surface area contributed by atoms with Gasteiger partial charge in [0.25, 0.3) is 0 Å². The number of aliphatic imine (C=N–C) groups is 1. The van der Waals surface area contributed by atoms with Crippen LogP contribution in [0.4, 0.5) is 0 Å². The number of nitrogens with one attached hydrogen (secondary N) is 1. The molecule has 4 fully saturated rings. The van der Waals surface area contributed by atoms with Gasteiger partial charge >= 0.3 is 0 Å². The summed E-state index contributed by atoms with van der Waals surface area (Å²) in [5, 5.41) is 3.66. The molecule has 6 nitrogen and oxygen atoms in total. The van der Waals surface area contributed by atoms with Gasteiger partial charge in [0.15, 0.2) is 5.96 Å². The van der Waals surface area contributed by atoms with Crippen LogP contribution < -0.4 is 5.32 Å². The average Bonchev–Trinajstić information content (AvgIpc) is 3.16. The molecule has 2 atom stereocenters. The van der Waals surface area contributed by atoms with Gasteiger partial charge in [-0.15, -0.1) is 0 Å². The summed E-state index contributed by atoms with van der Waals surface area (Å²) in [4.78, 5) is 12.3. The zero-order chi connectivity index (χ0) is 17.1. The van der Waals surface area contributed by atoms with Crippen LogP contribution in [0.5, 0.6) is 0 Å². The number of guanidine groups is 1. The van der Waals surface area contributed by atoms with Gasteiger partial charge in [0.2, 0.25) is 0 Å². The van der Waals surface area contributed by atoms with Crippen LogP contribution in [0.2, 0.25) is 0 Å². The maximum atomic E-state index is 5.51. The first kappa shape index (κ1) is 17.6. The van der Waals surface area contributed by atoms with Crippen molar-refractivity contribution < 1.29 is 4.74 Å². The molecule has 0 radical (unpaired) electrons. The summed E-state index contributed by atoms with van der Waals surface area (Å²) in [6.07, 6.45) is 5.44. The van der Waals surface area contributed by atoms with E-state index in [9.17, 15) is 0 Å². The SMILES string of the molecule is CN=C(NCC1CCN(C2CC2)C1)N1CCN(CC2CCOC2)CC1. The van der Waals surface area contributed by atoms with E-state index in [1.807, 2.05) is 7.05 Å². The highest BCUT2D eigenvalue weighted by Crippen LogP contribution is 2.31. The summed E-state index contributed by atoms with van der Waals surface area (Å²) < 4.78 is 5.51. The summed E-state index contributed by atoms with van der Waals surface area (Å²) in [6, 6.07) is 0.919. The van der Waals surface area contributed by atoms with Crippen molar-refractivity contribution in [2.75, 3.05) is 72.6 Å². The highest BCUT2D eigenvalue weighted by Gasteiger charge is 2.34. The quantitative estimate of drug-likeness (QED) is 0.585. The molecule has 25 heavy (non-hydrogen) atoms. The molecule has 0 bridgehead atoms. The number of ether oxygens (including phenoxy) is 1. The largest absolute Gasteiger partial charge is 0.381 e. The fourth-order valence-electron chi connectivity index (χ4n) is 4.60. The predicted molar refractivity (Wildman–Crippen MR) is 101 cm³/mol. The third-order valence-corrected chi connectivity index (χ3v) is 6.35. The highest BCUT2D eigenvalue weighted by atomic mass is 16.5. The van der Waals surface area contributed by atoms with E-state index in [1.54, 1.807) is 0 Å². The van der Waals surface area contributed by atoms with Crippen molar-refractivity contribution in [3.8, 4) is 0 Å². The molecule has 0 aromatic carbocycles. The van der Waals surface area contributed by atoms with Crippen LogP contribution in [0.25, 0.3) is 0 Å². The van der Waals surface area contributed by atoms with E-state index in [1.165, 1.54) is 45.3 Å². The van der Waals surface area contributed by atoms with E-state index in [0.717, 1.165) is 69.8 Å².